The van der Waals surface area contributed by atoms with Gasteiger partial charge in [0.2, 0.25) is 0 Å². The summed E-state index contributed by atoms with van der Waals surface area (Å²) >= 11 is 0. The van der Waals surface area contributed by atoms with Gasteiger partial charge >= 0.3 is 0 Å². The van der Waals surface area contributed by atoms with Crippen molar-refractivity contribution in [2.75, 3.05) is 18.0 Å². The average Bonchev–Trinajstić information content (AvgIpc) is 2.28. The van der Waals surface area contributed by atoms with Crippen LogP contribution in [0.5, 0.6) is 0 Å². The highest BCUT2D eigenvalue weighted by Crippen LogP contribution is 2.28. The number of pyridine rings is 1. The summed E-state index contributed by atoms with van der Waals surface area (Å²) in [6.07, 6.45) is 6.06. The molecule has 0 unspecified atom stereocenters. The quantitative estimate of drug-likeness (QED) is 0.825. The molecule has 0 spiro atoms. The highest BCUT2D eigenvalue weighted by molar-refractivity contribution is 5.46. The van der Waals surface area contributed by atoms with E-state index in [1.165, 1.54) is 31.5 Å². The first-order chi connectivity index (χ1) is 7.83. The highest BCUT2D eigenvalue weighted by Gasteiger charge is 2.20. The Labute approximate surface area is 97.7 Å². The zero-order valence-electron chi connectivity index (χ0n) is 10.0. The zero-order valence-corrected chi connectivity index (χ0v) is 10.0. The van der Waals surface area contributed by atoms with Crippen molar-refractivity contribution in [1.82, 2.24) is 4.98 Å². The summed E-state index contributed by atoms with van der Waals surface area (Å²) in [6, 6.07) is 4.20. The van der Waals surface area contributed by atoms with E-state index in [4.69, 9.17) is 5.73 Å². The van der Waals surface area contributed by atoms with Crippen LogP contribution < -0.4 is 10.6 Å². The van der Waals surface area contributed by atoms with Crippen molar-refractivity contribution < 1.29 is 0 Å². The number of hydrogen-bond donors (Lipinski definition) is 1. The van der Waals surface area contributed by atoms with Gasteiger partial charge in [-0.2, -0.15) is 0 Å². The Morgan fingerprint density at radius 3 is 2.88 bits per heavy atom. The molecular weight excluding hydrogens is 198 g/mol. The van der Waals surface area contributed by atoms with Crippen LogP contribution in [0.2, 0.25) is 0 Å². The smallest absolute Gasteiger partial charge is 0.0560 e. The molecule has 2 N–H and O–H groups in total. The van der Waals surface area contributed by atoms with E-state index >= 15 is 0 Å². The standard InChI is InChI=1S/C13H21N3/c1-2-16(10-11-4-3-5-11)13-6-7-15-12(8-13)9-14/h6-8,11H,2-5,9-10,14H2,1H3. The number of aromatic nitrogens is 1. The summed E-state index contributed by atoms with van der Waals surface area (Å²) < 4.78 is 0. The van der Waals surface area contributed by atoms with E-state index in [0.29, 0.717) is 6.54 Å². The number of hydrogen-bond acceptors (Lipinski definition) is 3. The number of anilines is 1. The van der Waals surface area contributed by atoms with Crippen molar-refractivity contribution in [3.05, 3.63) is 24.0 Å². The van der Waals surface area contributed by atoms with Crippen LogP contribution in [-0.4, -0.2) is 18.1 Å². The molecule has 1 aromatic rings. The minimum Gasteiger partial charge on any atom is -0.371 e. The zero-order chi connectivity index (χ0) is 11.4. The molecular formula is C13H21N3. The van der Waals surface area contributed by atoms with E-state index in [0.717, 1.165) is 18.2 Å². The molecule has 16 heavy (non-hydrogen) atoms. The molecule has 0 aliphatic heterocycles. The van der Waals surface area contributed by atoms with Gasteiger partial charge in [-0.25, -0.2) is 0 Å². The second-order valence-corrected chi connectivity index (χ2v) is 4.55. The van der Waals surface area contributed by atoms with Gasteiger partial charge in [0.15, 0.2) is 0 Å². The Balaban J connectivity index is 2.05. The fourth-order valence-electron chi connectivity index (χ4n) is 2.18. The maximum Gasteiger partial charge on any atom is 0.0560 e. The van der Waals surface area contributed by atoms with Crippen molar-refractivity contribution >= 4 is 5.69 Å². The largest absolute Gasteiger partial charge is 0.371 e. The predicted molar refractivity (Wildman–Crippen MR) is 67.4 cm³/mol. The van der Waals surface area contributed by atoms with Crippen LogP contribution >= 0.6 is 0 Å². The van der Waals surface area contributed by atoms with Gasteiger partial charge in [0.25, 0.3) is 0 Å². The molecule has 1 aromatic heterocycles. The molecule has 0 aromatic carbocycles. The third-order valence-electron chi connectivity index (χ3n) is 3.46. The first kappa shape index (κ1) is 11.4. The SMILES string of the molecule is CCN(CC1CCC1)c1ccnc(CN)c1. The van der Waals surface area contributed by atoms with Crippen LogP contribution in [0.25, 0.3) is 0 Å². The van der Waals surface area contributed by atoms with Crippen molar-refractivity contribution in [1.29, 1.82) is 0 Å². The van der Waals surface area contributed by atoms with Crippen LogP contribution in [0.4, 0.5) is 5.69 Å². The first-order valence-corrected chi connectivity index (χ1v) is 6.23. The van der Waals surface area contributed by atoms with Crippen LogP contribution in [0, 0.1) is 5.92 Å². The number of rotatable bonds is 5. The minimum absolute atomic E-state index is 0.523. The van der Waals surface area contributed by atoms with E-state index in [-0.39, 0.29) is 0 Å². The van der Waals surface area contributed by atoms with Crippen LogP contribution in [0.3, 0.4) is 0 Å². The maximum atomic E-state index is 5.62. The lowest BCUT2D eigenvalue weighted by Gasteiger charge is -2.33. The molecule has 1 fully saturated rings. The topological polar surface area (TPSA) is 42.2 Å². The van der Waals surface area contributed by atoms with E-state index in [1.807, 2.05) is 6.20 Å². The third-order valence-corrected chi connectivity index (χ3v) is 3.46. The van der Waals surface area contributed by atoms with Gasteiger partial charge in [-0.15, -0.1) is 0 Å². The van der Waals surface area contributed by atoms with Gasteiger partial charge in [0.1, 0.15) is 0 Å². The second-order valence-electron chi connectivity index (χ2n) is 4.55. The molecule has 0 radical (unpaired) electrons. The Morgan fingerprint density at radius 1 is 1.50 bits per heavy atom. The molecule has 3 nitrogen and oxygen atoms in total. The Morgan fingerprint density at radius 2 is 2.31 bits per heavy atom. The summed E-state index contributed by atoms with van der Waals surface area (Å²) in [5.74, 6) is 0.898. The Hall–Kier alpha value is -1.09. The maximum absolute atomic E-state index is 5.62. The molecule has 0 bridgehead atoms. The lowest BCUT2D eigenvalue weighted by molar-refractivity contribution is 0.318. The van der Waals surface area contributed by atoms with Gasteiger partial charge in [-0.1, -0.05) is 6.42 Å². The number of nitrogens with two attached hydrogens (primary N) is 1. The Bertz CT molecular complexity index is 334. The molecule has 0 saturated heterocycles. The van der Waals surface area contributed by atoms with Crippen LogP contribution in [0.15, 0.2) is 18.3 Å². The summed E-state index contributed by atoms with van der Waals surface area (Å²) in [7, 11) is 0. The number of nitrogens with zero attached hydrogens (tertiary/aromatic N) is 2. The van der Waals surface area contributed by atoms with Gasteiger partial charge in [0, 0.05) is 31.5 Å². The molecule has 1 aliphatic rings. The predicted octanol–water partition coefficient (Wildman–Crippen LogP) is 2.17. The van der Waals surface area contributed by atoms with Gasteiger partial charge < -0.3 is 10.6 Å². The summed E-state index contributed by atoms with van der Waals surface area (Å²) in [5.41, 5.74) is 7.86. The fraction of sp³-hybridized carbons (Fsp3) is 0.615. The van der Waals surface area contributed by atoms with Gasteiger partial charge in [-0.3, -0.25) is 4.98 Å². The summed E-state index contributed by atoms with van der Waals surface area (Å²) in [5, 5.41) is 0. The van der Waals surface area contributed by atoms with E-state index in [2.05, 4.69) is 28.9 Å². The van der Waals surface area contributed by atoms with Crippen molar-refractivity contribution in [2.45, 2.75) is 32.7 Å². The molecule has 1 saturated carbocycles. The minimum atomic E-state index is 0.523. The summed E-state index contributed by atoms with van der Waals surface area (Å²) in [4.78, 5) is 6.67. The lowest BCUT2D eigenvalue weighted by Crippen LogP contribution is -2.32. The average molecular weight is 219 g/mol. The summed E-state index contributed by atoms with van der Waals surface area (Å²) in [6.45, 7) is 4.98. The fourth-order valence-corrected chi connectivity index (χ4v) is 2.18. The van der Waals surface area contributed by atoms with Crippen molar-refractivity contribution in [3.63, 3.8) is 0 Å². The molecule has 1 aliphatic carbocycles. The molecule has 3 heteroatoms. The Kier molecular flexibility index (Phi) is 3.78. The molecule has 2 rings (SSSR count). The van der Waals surface area contributed by atoms with E-state index < -0.39 is 0 Å². The van der Waals surface area contributed by atoms with Gasteiger partial charge in [-0.05, 0) is 37.8 Å². The molecule has 0 atom stereocenters. The normalized spacial score (nSPS) is 15.9. The van der Waals surface area contributed by atoms with Crippen molar-refractivity contribution in [3.8, 4) is 0 Å². The van der Waals surface area contributed by atoms with Crippen molar-refractivity contribution in [2.24, 2.45) is 11.7 Å². The third kappa shape index (κ3) is 2.53. The monoisotopic (exact) mass is 219 g/mol. The van der Waals surface area contributed by atoms with Crippen LogP contribution in [0.1, 0.15) is 31.9 Å². The first-order valence-electron chi connectivity index (χ1n) is 6.23. The molecule has 1 heterocycles. The molecule has 0 amide bonds. The second kappa shape index (κ2) is 5.30. The van der Waals surface area contributed by atoms with Crippen LogP contribution in [-0.2, 0) is 6.54 Å². The van der Waals surface area contributed by atoms with Gasteiger partial charge in [0.05, 0.1) is 5.69 Å². The molecule has 88 valence electrons. The van der Waals surface area contributed by atoms with E-state index in [9.17, 15) is 0 Å². The lowest BCUT2D eigenvalue weighted by atomic mass is 9.85. The van der Waals surface area contributed by atoms with E-state index in [1.54, 1.807) is 0 Å². The highest BCUT2D eigenvalue weighted by atomic mass is 15.1.